The van der Waals surface area contributed by atoms with E-state index in [-0.39, 0.29) is 5.91 Å². The lowest BCUT2D eigenvalue weighted by Gasteiger charge is -2.20. The van der Waals surface area contributed by atoms with Crippen molar-refractivity contribution in [3.8, 4) is 5.69 Å². The normalized spacial score (nSPS) is 10.9. The third-order valence-corrected chi connectivity index (χ3v) is 6.85. The van der Waals surface area contributed by atoms with E-state index in [1.54, 1.807) is 29.8 Å². The monoisotopic (exact) mass is 468 g/mol. The largest absolute Gasteiger partial charge is 0.295 e. The highest BCUT2D eigenvalue weighted by Crippen LogP contribution is 2.33. The Hall–Kier alpha value is -2.61. The first-order valence-corrected chi connectivity index (χ1v) is 12.1. The molecule has 2 aromatic carbocycles. The molecule has 4 aromatic rings. The maximum absolute atomic E-state index is 12.5. The number of rotatable bonds is 7. The zero-order valence-electron chi connectivity index (χ0n) is 17.2. The number of aryl methyl sites for hydroxylation is 1. The predicted octanol–water partition coefficient (Wildman–Crippen LogP) is 6.52. The van der Waals surface area contributed by atoms with Crippen molar-refractivity contribution in [3.63, 3.8) is 0 Å². The molecule has 0 N–H and O–H groups in total. The van der Waals surface area contributed by atoms with Gasteiger partial charge in [-0.15, -0.1) is 11.3 Å². The van der Waals surface area contributed by atoms with Crippen LogP contribution in [-0.4, -0.2) is 20.4 Å². The minimum absolute atomic E-state index is 0.0484. The first kappa shape index (κ1) is 21.6. The standard InChI is InChI=1S/C23H21ClN4OS2/c1-3-17-6-4-5-7-21(17)28(16(2)29)23-26-19(15-31-23)14-30-22-25-12-13-27(22)20-10-8-18(24)9-11-20/h4-13,15H,3,14H2,1-2H3. The molecular weight excluding hydrogens is 448 g/mol. The van der Waals surface area contributed by atoms with E-state index in [2.05, 4.69) is 11.9 Å². The second-order valence-electron chi connectivity index (χ2n) is 6.80. The number of imidazole rings is 1. The summed E-state index contributed by atoms with van der Waals surface area (Å²) in [6.07, 6.45) is 4.56. The van der Waals surface area contributed by atoms with E-state index in [0.717, 1.165) is 34.2 Å². The van der Waals surface area contributed by atoms with E-state index >= 15 is 0 Å². The van der Waals surface area contributed by atoms with Gasteiger partial charge < -0.3 is 0 Å². The molecule has 0 atom stereocenters. The molecule has 31 heavy (non-hydrogen) atoms. The average molecular weight is 469 g/mol. The van der Waals surface area contributed by atoms with E-state index in [4.69, 9.17) is 16.6 Å². The molecule has 1 amide bonds. The van der Waals surface area contributed by atoms with Crippen LogP contribution in [0.4, 0.5) is 10.8 Å². The molecule has 0 spiro atoms. The number of para-hydroxylation sites is 1. The summed E-state index contributed by atoms with van der Waals surface area (Å²) in [6, 6.07) is 15.6. The predicted molar refractivity (Wildman–Crippen MR) is 129 cm³/mol. The van der Waals surface area contributed by atoms with Gasteiger partial charge in [0.2, 0.25) is 5.91 Å². The van der Waals surface area contributed by atoms with Gasteiger partial charge in [0.25, 0.3) is 0 Å². The van der Waals surface area contributed by atoms with Crippen LogP contribution in [0.1, 0.15) is 25.1 Å². The number of anilines is 2. The molecular formula is C23H21ClN4OS2. The fourth-order valence-corrected chi connectivity index (χ4v) is 5.21. The molecule has 8 heteroatoms. The maximum atomic E-state index is 12.5. The van der Waals surface area contributed by atoms with E-state index < -0.39 is 0 Å². The van der Waals surface area contributed by atoms with Gasteiger partial charge in [-0.05, 0) is 42.3 Å². The van der Waals surface area contributed by atoms with Crippen molar-refractivity contribution in [1.29, 1.82) is 0 Å². The molecule has 0 fully saturated rings. The van der Waals surface area contributed by atoms with E-state index in [9.17, 15) is 4.79 Å². The summed E-state index contributed by atoms with van der Waals surface area (Å²) in [6.45, 7) is 3.66. The molecule has 0 aliphatic heterocycles. The number of thiazole rings is 1. The van der Waals surface area contributed by atoms with Crippen molar-refractivity contribution in [1.82, 2.24) is 14.5 Å². The second kappa shape index (κ2) is 9.68. The Balaban J connectivity index is 1.53. The molecule has 0 saturated heterocycles. The van der Waals surface area contributed by atoms with Crippen LogP contribution < -0.4 is 4.90 Å². The summed E-state index contributed by atoms with van der Waals surface area (Å²) in [5.74, 6) is 0.607. The number of aromatic nitrogens is 3. The average Bonchev–Trinajstić information content (AvgIpc) is 3.43. The topological polar surface area (TPSA) is 51.0 Å². The summed E-state index contributed by atoms with van der Waals surface area (Å²) >= 11 is 9.08. The quantitative estimate of drug-likeness (QED) is 0.289. The summed E-state index contributed by atoms with van der Waals surface area (Å²) in [7, 11) is 0. The van der Waals surface area contributed by atoms with Gasteiger partial charge in [-0.25, -0.2) is 9.97 Å². The van der Waals surface area contributed by atoms with Crippen molar-refractivity contribution < 1.29 is 4.79 Å². The molecule has 0 bridgehead atoms. The van der Waals surface area contributed by atoms with E-state index in [1.807, 2.05) is 64.7 Å². The Morgan fingerprint density at radius 3 is 2.71 bits per heavy atom. The van der Waals surface area contributed by atoms with Crippen molar-refractivity contribution in [2.24, 2.45) is 0 Å². The van der Waals surface area contributed by atoms with E-state index in [0.29, 0.717) is 15.9 Å². The molecule has 158 valence electrons. The zero-order chi connectivity index (χ0) is 21.8. The molecule has 0 aliphatic carbocycles. The Bertz CT molecular complexity index is 1190. The molecule has 5 nitrogen and oxygen atoms in total. The highest BCUT2D eigenvalue weighted by Gasteiger charge is 2.20. The highest BCUT2D eigenvalue weighted by molar-refractivity contribution is 7.98. The fraction of sp³-hybridized carbons (Fsp3) is 0.174. The number of benzene rings is 2. The second-order valence-corrected chi connectivity index (χ2v) is 9.02. The van der Waals surface area contributed by atoms with Gasteiger partial charge in [0.05, 0.1) is 11.4 Å². The van der Waals surface area contributed by atoms with Gasteiger partial charge >= 0.3 is 0 Å². The third-order valence-electron chi connectivity index (χ3n) is 4.72. The smallest absolute Gasteiger partial charge is 0.230 e. The van der Waals surface area contributed by atoms with E-state index in [1.165, 1.54) is 11.3 Å². The Labute approximate surface area is 194 Å². The number of carbonyl (C=O) groups is 1. The van der Waals surface area contributed by atoms with Crippen molar-refractivity contribution >= 4 is 51.4 Å². The first-order valence-electron chi connectivity index (χ1n) is 9.82. The lowest BCUT2D eigenvalue weighted by atomic mass is 10.1. The maximum Gasteiger partial charge on any atom is 0.230 e. The Morgan fingerprint density at radius 1 is 1.19 bits per heavy atom. The van der Waals surface area contributed by atoms with Gasteiger partial charge in [0, 0.05) is 41.2 Å². The molecule has 0 unspecified atom stereocenters. The van der Waals surface area contributed by atoms with Crippen LogP contribution in [0.15, 0.2) is 71.5 Å². The summed E-state index contributed by atoms with van der Waals surface area (Å²) in [5.41, 5.74) is 3.93. The number of thioether (sulfide) groups is 1. The number of halogens is 1. The molecule has 0 saturated carbocycles. The molecule has 0 radical (unpaired) electrons. The highest BCUT2D eigenvalue weighted by atomic mass is 35.5. The van der Waals surface area contributed by atoms with Gasteiger partial charge in [0.15, 0.2) is 10.3 Å². The molecule has 2 heterocycles. The van der Waals surface area contributed by atoms with Gasteiger partial charge in [-0.3, -0.25) is 14.3 Å². The Kier molecular flexibility index (Phi) is 6.75. The summed E-state index contributed by atoms with van der Waals surface area (Å²) in [4.78, 5) is 23.4. The van der Waals surface area contributed by atoms with Crippen LogP contribution in [-0.2, 0) is 17.0 Å². The first-order chi connectivity index (χ1) is 15.1. The van der Waals surface area contributed by atoms with Gasteiger partial charge in [0.1, 0.15) is 0 Å². The van der Waals surface area contributed by atoms with Crippen LogP contribution >= 0.6 is 34.7 Å². The van der Waals surface area contributed by atoms with Crippen molar-refractivity contribution in [3.05, 3.63) is 82.6 Å². The SMILES string of the molecule is CCc1ccccc1N(C(C)=O)c1nc(CSc2nccn2-c2ccc(Cl)cc2)cs1. The van der Waals surface area contributed by atoms with Crippen molar-refractivity contribution in [2.75, 3.05) is 4.90 Å². The molecule has 0 aliphatic rings. The third kappa shape index (κ3) is 4.84. The fourth-order valence-electron chi connectivity index (χ4n) is 3.23. The number of nitrogens with zero attached hydrogens (tertiary/aromatic N) is 4. The lowest BCUT2D eigenvalue weighted by molar-refractivity contribution is -0.115. The lowest BCUT2D eigenvalue weighted by Crippen LogP contribution is -2.23. The van der Waals surface area contributed by atoms with Crippen LogP contribution in [0.25, 0.3) is 5.69 Å². The summed E-state index contributed by atoms with van der Waals surface area (Å²) < 4.78 is 2.02. The van der Waals surface area contributed by atoms with Gasteiger partial charge in [-0.1, -0.05) is 48.5 Å². The number of amides is 1. The number of hydrogen-bond donors (Lipinski definition) is 0. The van der Waals surface area contributed by atoms with Crippen LogP contribution in [0.3, 0.4) is 0 Å². The molecule has 2 aromatic heterocycles. The number of carbonyl (C=O) groups excluding carboxylic acids is 1. The summed E-state index contributed by atoms with van der Waals surface area (Å²) in [5, 5.41) is 4.26. The van der Waals surface area contributed by atoms with Crippen molar-refractivity contribution in [2.45, 2.75) is 31.2 Å². The van der Waals surface area contributed by atoms with Crippen LogP contribution in [0.2, 0.25) is 5.02 Å². The van der Waals surface area contributed by atoms with Gasteiger partial charge in [-0.2, -0.15) is 0 Å². The Morgan fingerprint density at radius 2 is 1.97 bits per heavy atom. The van der Waals surface area contributed by atoms with Crippen LogP contribution in [0.5, 0.6) is 0 Å². The minimum Gasteiger partial charge on any atom is -0.295 e. The number of hydrogen-bond acceptors (Lipinski definition) is 5. The van der Waals surface area contributed by atoms with Crippen LogP contribution in [0, 0.1) is 0 Å². The minimum atomic E-state index is -0.0484. The zero-order valence-corrected chi connectivity index (χ0v) is 19.5. The molecule has 4 rings (SSSR count).